The zero-order valence-electron chi connectivity index (χ0n) is 12.9. The molecule has 1 atom stereocenters. The zero-order chi connectivity index (χ0) is 14.6. The summed E-state index contributed by atoms with van der Waals surface area (Å²) in [4.78, 5) is 2.36. The molecule has 0 radical (unpaired) electrons. The second kappa shape index (κ2) is 6.70. The molecule has 2 rings (SSSR count). The smallest absolute Gasteiger partial charge is 0.0600 e. The fourth-order valence-corrected chi connectivity index (χ4v) is 2.93. The standard InChI is InChI=1S/C17H27NO2/c1-17(2,3)20-13-11-18(10-12-19)16-9-8-14-6-4-5-7-15(14)16/h4-7,16,19H,8-13H2,1-3H3. The summed E-state index contributed by atoms with van der Waals surface area (Å²) in [5.74, 6) is 0. The third-order valence-electron chi connectivity index (χ3n) is 3.84. The van der Waals surface area contributed by atoms with E-state index in [2.05, 4.69) is 49.9 Å². The van der Waals surface area contributed by atoms with Crippen molar-refractivity contribution in [2.45, 2.75) is 45.3 Å². The Labute approximate surface area is 122 Å². The molecule has 1 aromatic carbocycles. The summed E-state index contributed by atoms with van der Waals surface area (Å²) in [7, 11) is 0. The molecule has 20 heavy (non-hydrogen) atoms. The molecule has 0 saturated carbocycles. The van der Waals surface area contributed by atoms with E-state index in [0.717, 1.165) is 19.4 Å². The van der Waals surface area contributed by atoms with Crippen molar-refractivity contribution in [3.05, 3.63) is 35.4 Å². The van der Waals surface area contributed by atoms with Gasteiger partial charge in [0.2, 0.25) is 0 Å². The van der Waals surface area contributed by atoms with Crippen LogP contribution in [0, 0.1) is 0 Å². The highest BCUT2D eigenvalue weighted by atomic mass is 16.5. The van der Waals surface area contributed by atoms with Crippen molar-refractivity contribution in [1.82, 2.24) is 4.90 Å². The molecule has 1 aromatic rings. The minimum absolute atomic E-state index is 0.0987. The van der Waals surface area contributed by atoms with Gasteiger partial charge in [-0.2, -0.15) is 0 Å². The number of fused-ring (bicyclic) bond motifs is 1. The molecule has 3 nitrogen and oxygen atoms in total. The van der Waals surface area contributed by atoms with Crippen LogP contribution in [0.25, 0.3) is 0 Å². The second-order valence-electron chi connectivity index (χ2n) is 6.47. The molecule has 0 aromatic heterocycles. The van der Waals surface area contributed by atoms with Crippen LogP contribution in [0.15, 0.2) is 24.3 Å². The van der Waals surface area contributed by atoms with E-state index < -0.39 is 0 Å². The van der Waals surface area contributed by atoms with Crippen LogP contribution in [0.5, 0.6) is 0 Å². The largest absolute Gasteiger partial charge is 0.395 e. The summed E-state index contributed by atoms with van der Waals surface area (Å²) >= 11 is 0. The number of benzene rings is 1. The molecule has 0 bridgehead atoms. The van der Waals surface area contributed by atoms with Crippen LogP contribution in [0.1, 0.15) is 44.4 Å². The van der Waals surface area contributed by atoms with Crippen LogP contribution in [-0.4, -0.2) is 41.9 Å². The van der Waals surface area contributed by atoms with Gasteiger partial charge in [0.25, 0.3) is 0 Å². The lowest BCUT2D eigenvalue weighted by atomic mass is 10.1. The molecule has 1 aliphatic rings. The van der Waals surface area contributed by atoms with Gasteiger partial charge in [-0.3, -0.25) is 4.90 Å². The molecule has 0 aliphatic heterocycles. The predicted molar refractivity (Wildman–Crippen MR) is 81.9 cm³/mol. The van der Waals surface area contributed by atoms with Crippen LogP contribution in [0.4, 0.5) is 0 Å². The monoisotopic (exact) mass is 277 g/mol. The van der Waals surface area contributed by atoms with Crippen molar-refractivity contribution in [3.8, 4) is 0 Å². The topological polar surface area (TPSA) is 32.7 Å². The Morgan fingerprint density at radius 1 is 1.25 bits per heavy atom. The maximum atomic E-state index is 9.32. The van der Waals surface area contributed by atoms with E-state index >= 15 is 0 Å². The first kappa shape index (κ1) is 15.5. The number of aryl methyl sites for hydroxylation is 1. The predicted octanol–water partition coefficient (Wildman–Crippen LogP) is 2.78. The summed E-state index contributed by atoms with van der Waals surface area (Å²) in [6.45, 7) is 8.73. The Bertz CT molecular complexity index is 425. The molecule has 0 heterocycles. The van der Waals surface area contributed by atoms with Crippen LogP contribution in [-0.2, 0) is 11.2 Å². The molecule has 1 unspecified atom stereocenters. The third-order valence-corrected chi connectivity index (χ3v) is 3.84. The van der Waals surface area contributed by atoms with Gasteiger partial charge in [0.15, 0.2) is 0 Å². The number of nitrogens with zero attached hydrogens (tertiary/aromatic N) is 1. The van der Waals surface area contributed by atoms with E-state index in [1.54, 1.807) is 0 Å². The minimum Gasteiger partial charge on any atom is -0.395 e. The number of aliphatic hydroxyl groups excluding tert-OH is 1. The summed E-state index contributed by atoms with van der Waals surface area (Å²) in [5.41, 5.74) is 2.78. The van der Waals surface area contributed by atoms with Gasteiger partial charge < -0.3 is 9.84 Å². The summed E-state index contributed by atoms with van der Waals surface area (Å²) in [6.07, 6.45) is 2.29. The first-order valence-corrected chi connectivity index (χ1v) is 7.58. The Kier molecular flexibility index (Phi) is 5.19. The first-order chi connectivity index (χ1) is 9.51. The Morgan fingerprint density at radius 3 is 2.70 bits per heavy atom. The number of aliphatic hydroxyl groups is 1. The van der Waals surface area contributed by atoms with Gasteiger partial charge in [0.05, 0.1) is 18.8 Å². The Morgan fingerprint density at radius 2 is 2.00 bits per heavy atom. The Balaban J connectivity index is 1.99. The second-order valence-corrected chi connectivity index (χ2v) is 6.47. The average molecular weight is 277 g/mol. The van der Waals surface area contributed by atoms with Gasteiger partial charge in [0.1, 0.15) is 0 Å². The summed E-state index contributed by atoms with van der Waals surface area (Å²) in [6, 6.07) is 9.10. The SMILES string of the molecule is CC(C)(C)OCCN(CCO)C1CCc2ccccc21. The molecule has 0 saturated heterocycles. The molecule has 1 aliphatic carbocycles. The maximum absolute atomic E-state index is 9.32. The fourth-order valence-electron chi connectivity index (χ4n) is 2.93. The van der Waals surface area contributed by atoms with E-state index in [1.165, 1.54) is 11.1 Å². The normalized spacial score (nSPS) is 18.6. The fraction of sp³-hybridized carbons (Fsp3) is 0.647. The Hall–Kier alpha value is -0.900. The van der Waals surface area contributed by atoms with Gasteiger partial charge in [-0.1, -0.05) is 24.3 Å². The summed E-state index contributed by atoms with van der Waals surface area (Å²) < 4.78 is 5.83. The van der Waals surface area contributed by atoms with Crippen LogP contribution >= 0.6 is 0 Å². The molecule has 3 heteroatoms. The lowest BCUT2D eigenvalue weighted by Crippen LogP contribution is -2.35. The van der Waals surface area contributed by atoms with Crippen molar-refractivity contribution in [2.75, 3.05) is 26.3 Å². The number of hydrogen-bond donors (Lipinski definition) is 1. The average Bonchev–Trinajstić information content (AvgIpc) is 2.80. The highest BCUT2D eigenvalue weighted by Crippen LogP contribution is 2.35. The highest BCUT2D eigenvalue weighted by Gasteiger charge is 2.27. The molecule has 0 spiro atoms. The molecule has 112 valence electrons. The summed E-state index contributed by atoms with van der Waals surface area (Å²) in [5, 5.41) is 9.32. The van der Waals surface area contributed by atoms with Crippen molar-refractivity contribution >= 4 is 0 Å². The van der Waals surface area contributed by atoms with Crippen molar-refractivity contribution in [1.29, 1.82) is 0 Å². The zero-order valence-corrected chi connectivity index (χ0v) is 12.9. The van der Waals surface area contributed by atoms with Crippen molar-refractivity contribution in [2.24, 2.45) is 0 Å². The van der Waals surface area contributed by atoms with E-state index in [0.29, 0.717) is 19.2 Å². The number of ether oxygens (including phenoxy) is 1. The highest BCUT2D eigenvalue weighted by molar-refractivity contribution is 5.34. The van der Waals surface area contributed by atoms with Gasteiger partial charge in [-0.15, -0.1) is 0 Å². The quantitative estimate of drug-likeness (QED) is 0.868. The molecule has 0 fully saturated rings. The van der Waals surface area contributed by atoms with E-state index in [4.69, 9.17) is 4.74 Å². The molecular formula is C17H27NO2. The first-order valence-electron chi connectivity index (χ1n) is 7.58. The minimum atomic E-state index is -0.0987. The van der Waals surface area contributed by atoms with E-state index in [1.807, 2.05) is 0 Å². The van der Waals surface area contributed by atoms with E-state index in [-0.39, 0.29) is 12.2 Å². The van der Waals surface area contributed by atoms with Gasteiger partial charge >= 0.3 is 0 Å². The lowest BCUT2D eigenvalue weighted by Gasteiger charge is -2.30. The van der Waals surface area contributed by atoms with Crippen molar-refractivity contribution < 1.29 is 9.84 Å². The maximum Gasteiger partial charge on any atom is 0.0600 e. The van der Waals surface area contributed by atoms with Crippen LogP contribution in [0.2, 0.25) is 0 Å². The number of hydrogen-bond acceptors (Lipinski definition) is 3. The van der Waals surface area contributed by atoms with Gasteiger partial charge in [0, 0.05) is 19.1 Å². The van der Waals surface area contributed by atoms with Gasteiger partial charge in [-0.25, -0.2) is 0 Å². The van der Waals surface area contributed by atoms with Crippen molar-refractivity contribution in [3.63, 3.8) is 0 Å². The van der Waals surface area contributed by atoms with E-state index in [9.17, 15) is 5.11 Å². The van der Waals surface area contributed by atoms with Gasteiger partial charge in [-0.05, 0) is 44.7 Å². The molecule has 1 N–H and O–H groups in total. The van der Waals surface area contributed by atoms with Crippen LogP contribution < -0.4 is 0 Å². The number of rotatable bonds is 6. The van der Waals surface area contributed by atoms with Crippen LogP contribution in [0.3, 0.4) is 0 Å². The molecular weight excluding hydrogens is 250 g/mol. The third kappa shape index (κ3) is 4.05. The molecule has 0 amide bonds. The lowest BCUT2D eigenvalue weighted by molar-refractivity contribution is -0.0195.